The first kappa shape index (κ1) is 14.7. The summed E-state index contributed by atoms with van der Waals surface area (Å²) in [5.41, 5.74) is -1.84. The van der Waals surface area contributed by atoms with Crippen LogP contribution in [-0.4, -0.2) is 62.7 Å². The van der Waals surface area contributed by atoms with Gasteiger partial charge in [-0.05, 0) is 13.8 Å². The van der Waals surface area contributed by atoms with Crippen LogP contribution in [0.25, 0.3) is 0 Å². The molecule has 8 heteroatoms. The van der Waals surface area contributed by atoms with E-state index < -0.39 is 47.2 Å². The Hall–Kier alpha value is -1.22. The van der Waals surface area contributed by atoms with E-state index in [-0.39, 0.29) is 0 Å². The molecule has 0 amide bonds. The molecule has 0 spiro atoms. The number of hydrogen-bond acceptors (Lipinski definition) is 8. The minimum atomic E-state index is -1.84. The van der Waals surface area contributed by atoms with E-state index in [4.69, 9.17) is 28.4 Å². The van der Waals surface area contributed by atoms with Gasteiger partial charge in [0.1, 0.15) is 18.1 Å². The summed E-state index contributed by atoms with van der Waals surface area (Å²) in [6.45, 7) is 3.39. The third-order valence-electron chi connectivity index (χ3n) is 4.40. The Morgan fingerprint density at radius 3 is 2.29 bits per heavy atom. The number of fused-ring (bicyclic) bond motifs is 5. The summed E-state index contributed by atoms with van der Waals surface area (Å²) in [6, 6.07) is 0. The Morgan fingerprint density at radius 2 is 1.76 bits per heavy atom. The van der Waals surface area contributed by atoms with E-state index >= 15 is 0 Å². The van der Waals surface area contributed by atoms with Crippen molar-refractivity contribution in [3.63, 3.8) is 0 Å². The van der Waals surface area contributed by atoms with Gasteiger partial charge in [-0.1, -0.05) is 0 Å². The molecule has 8 nitrogen and oxygen atoms in total. The maximum Gasteiger partial charge on any atom is 0.359 e. The monoisotopic (exact) mass is 302 g/mol. The molecule has 3 aliphatic rings. The first-order valence-electron chi connectivity index (χ1n) is 6.57. The largest absolute Gasteiger partial charge is 0.466 e. The van der Waals surface area contributed by atoms with Gasteiger partial charge in [0, 0.05) is 14.2 Å². The van der Waals surface area contributed by atoms with Crippen molar-refractivity contribution in [3.05, 3.63) is 0 Å². The number of esters is 2. The number of carbonyl (C=O) groups excluding carboxylic acids is 2. The van der Waals surface area contributed by atoms with Crippen molar-refractivity contribution in [2.75, 3.05) is 21.3 Å². The fourth-order valence-electron chi connectivity index (χ4n) is 3.73. The van der Waals surface area contributed by atoms with Gasteiger partial charge in [0.2, 0.25) is 5.79 Å². The summed E-state index contributed by atoms with van der Waals surface area (Å²) in [5, 5.41) is 0. The van der Waals surface area contributed by atoms with Crippen LogP contribution >= 0.6 is 0 Å². The van der Waals surface area contributed by atoms with E-state index in [2.05, 4.69) is 0 Å². The van der Waals surface area contributed by atoms with Gasteiger partial charge in [-0.2, -0.15) is 0 Å². The quantitative estimate of drug-likeness (QED) is 0.513. The molecule has 4 atom stereocenters. The Bertz CT molecular complexity index is 496. The maximum atomic E-state index is 12.4. The third-order valence-corrected chi connectivity index (χ3v) is 4.40. The van der Waals surface area contributed by atoms with Crippen LogP contribution in [0.3, 0.4) is 0 Å². The smallest absolute Gasteiger partial charge is 0.359 e. The Kier molecular flexibility index (Phi) is 2.91. The van der Waals surface area contributed by atoms with Crippen molar-refractivity contribution < 1.29 is 38.0 Å². The van der Waals surface area contributed by atoms with Crippen molar-refractivity contribution in [1.29, 1.82) is 0 Å². The van der Waals surface area contributed by atoms with Crippen molar-refractivity contribution in [2.24, 2.45) is 5.92 Å². The lowest BCUT2D eigenvalue weighted by molar-refractivity contribution is -0.298. The van der Waals surface area contributed by atoms with E-state index in [9.17, 15) is 9.59 Å². The number of carbonyl (C=O) groups is 2. The van der Waals surface area contributed by atoms with Crippen LogP contribution in [0.4, 0.5) is 0 Å². The molecule has 0 aromatic carbocycles. The first-order chi connectivity index (χ1) is 9.79. The second-order valence-corrected chi connectivity index (χ2v) is 5.72. The Morgan fingerprint density at radius 1 is 1.14 bits per heavy atom. The molecule has 2 bridgehead atoms. The lowest BCUT2D eigenvalue weighted by atomic mass is 9.93. The van der Waals surface area contributed by atoms with Crippen molar-refractivity contribution in [2.45, 2.75) is 43.2 Å². The normalized spacial score (nSPS) is 41.8. The molecular formula is C13H18O8. The molecule has 0 aromatic rings. The molecule has 2 aliphatic heterocycles. The van der Waals surface area contributed by atoms with Gasteiger partial charge in [-0.3, -0.25) is 4.79 Å². The highest BCUT2D eigenvalue weighted by molar-refractivity contribution is 5.94. The summed E-state index contributed by atoms with van der Waals surface area (Å²) in [4.78, 5) is 24.7. The molecular weight excluding hydrogens is 284 g/mol. The summed E-state index contributed by atoms with van der Waals surface area (Å²) in [6.07, 6.45) is -1.57. The summed E-state index contributed by atoms with van der Waals surface area (Å²) in [5.74, 6) is -4.95. The predicted octanol–water partition coefficient (Wildman–Crippen LogP) is -0.406. The van der Waals surface area contributed by atoms with Crippen LogP contribution in [0.2, 0.25) is 0 Å². The molecule has 2 heterocycles. The summed E-state index contributed by atoms with van der Waals surface area (Å²) >= 11 is 0. The molecule has 3 rings (SSSR count). The molecule has 0 aromatic heterocycles. The molecule has 1 aliphatic carbocycles. The number of hydrogen-bond donors (Lipinski definition) is 0. The average molecular weight is 302 g/mol. The lowest BCUT2D eigenvalue weighted by Gasteiger charge is -2.38. The van der Waals surface area contributed by atoms with Gasteiger partial charge in [0.25, 0.3) is 5.60 Å². The zero-order chi connectivity index (χ0) is 15.6. The standard InChI is InChI=1S/C13H18O8/c1-11(2)19-7-6-9(14)21-12(8(7)20-11,10(15)16-3)13(6,17-4)18-5/h6-8H,1-5H3/t6-,7-,8-,12+/m1/s1. The minimum absolute atomic E-state index is 0.633. The topological polar surface area (TPSA) is 89.5 Å². The Balaban J connectivity index is 2.19. The van der Waals surface area contributed by atoms with Gasteiger partial charge in [0.15, 0.2) is 5.79 Å². The minimum Gasteiger partial charge on any atom is -0.466 e. The van der Waals surface area contributed by atoms with E-state index in [0.717, 1.165) is 0 Å². The molecule has 0 radical (unpaired) electrons. The van der Waals surface area contributed by atoms with Crippen LogP contribution in [0.15, 0.2) is 0 Å². The van der Waals surface area contributed by atoms with E-state index in [1.807, 2.05) is 0 Å². The predicted molar refractivity (Wildman–Crippen MR) is 64.9 cm³/mol. The maximum absolute atomic E-state index is 12.4. The van der Waals surface area contributed by atoms with Crippen LogP contribution in [0.5, 0.6) is 0 Å². The van der Waals surface area contributed by atoms with Crippen LogP contribution in [0.1, 0.15) is 13.8 Å². The number of ether oxygens (including phenoxy) is 6. The molecule has 1 saturated carbocycles. The van der Waals surface area contributed by atoms with E-state index in [1.165, 1.54) is 21.3 Å². The second-order valence-electron chi connectivity index (χ2n) is 5.72. The number of rotatable bonds is 3. The summed E-state index contributed by atoms with van der Waals surface area (Å²) < 4.78 is 32.5. The highest BCUT2D eigenvalue weighted by atomic mass is 16.8. The van der Waals surface area contributed by atoms with Gasteiger partial charge >= 0.3 is 11.9 Å². The van der Waals surface area contributed by atoms with Crippen molar-refractivity contribution in [1.82, 2.24) is 0 Å². The summed E-state index contributed by atoms with van der Waals surface area (Å²) in [7, 11) is 3.87. The van der Waals surface area contributed by atoms with Crippen molar-refractivity contribution >= 4 is 11.9 Å². The van der Waals surface area contributed by atoms with Crippen molar-refractivity contribution in [3.8, 4) is 0 Å². The van der Waals surface area contributed by atoms with Crippen LogP contribution in [-0.2, 0) is 38.0 Å². The molecule has 2 saturated heterocycles. The molecule has 118 valence electrons. The SMILES string of the molecule is COC(=O)[C@@]12OC(=O)[C@@H]([C@H]3OC(C)(C)O[C@H]31)C2(OC)OC. The van der Waals surface area contributed by atoms with Crippen LogP contribution in [0, 0.1) is 5.92 Å². The molecule has 0 N–H and O–H groups in total. The van der Waals surface area contributed by atoms with Gasteiger partial charge < -0.3 is 28.4 Å². The fraction of sp³-hybridized carbons (Fsp3) is 0.846. The second kappa shape index (κ2) is 4.16. The average Bonchev–Trinajstić information content (AvgIpc) is 2.96. The fourth-order valence-corrected chi connectivity index (χ4v) is 3.73. The van der Waals surface area contributed by atoms with Crippen LogP contribution < -0.4 is 0 Å². The molecule has 0 unspecified atom stereocenters. The zero-order valence-corrected chi connectivity index (χ0v) is 12.5. The Labute approximate surface area is 121 Å². The van der Waals surface area contributed by atoms with E-state index in [0.29, 0.717) is 0 Å². The zero-order valence-electron chi connectivity index (χ0n) is 12.5. The van der Waals surface area contributed by atoms with E-state index in [1.54, 1.807) is 13.8 Å². The first-order valence-corrected chi connectivity index (χ1v) is 6.57. The van der Waals surface area contributed by atoms with Gasteiger partial charge in [0.05, 0.1) is 7.11 Å². The highest BCUT2D eigenvalue weighted by Crippen LogP contribution is 2.61. The molecule has 3 fully saturated rings. The highest BCUT2D eigenvalue weighted by Gasteiger charge is 2.88. The third kappa shape index (κ3) is 1.43. The lowest BCUT2D eigenvalue weighted by Crippen LogP contribution is -2.63. The number of methoxy groups -OCH3 is 3. The van der Waals surface area contributed by atoms with Gasteiger partial charge in [-0.15, -0.1) is 0 Å². The molecule has 21 heavy (non-hydrogen) atoms. The van der Waals surface area contributed by atoms with Gasteiger partial charge in [-0.25, -0.2) is 4.79 Å².